The molecule has 3 aromatic carbocycles. The van der Waals surface area contributed by atoms with Crippen LogP contribution >= 0.6 is 11.3 Å². The Morgan fingerprint density at radius 3 is 2.58 bits per heavy atom. The number of hydrogen-bond acceptors (Lipinski definition) is 6. The van der Waals surface area contributed by atoms with Gasteiger partial charge in [0.15, 0.2) is 16.5 Å². The molecule has 2 aromatic heterocycles. The van der Waals surface area contributed by atoms with Crippen molar-refractivity contribution in [3.8, 4) is 11.5 Å². The number of carbonyl (C=O) groups is 1. The van der Waals surface area contributed by atoms with Crippen LogP contribution in [0.25, 0.3) is 22.1 Å². The first kappa shape index (κ1) is 19.0. The molecular formula is C24H16N2O4S. The minimum atomic E-state index is -0.485. The van der Waals surface area contributed by atoms with Crippen LogP contribution in [0.1, 0.15) is 15.9 Å². The SMILES string of the molecule is COc1ccc(C=c2sc3nc4ccccc4n3c2=O)cc1OC(=O)c1ccccc1. The maximum absolute atomic E-state index is 13.0. The van der Waals surface area contributed by atoms with E-state index in [1.807, 2.05) is 30.3 Å². The zero-order valence-electron chi connectivity index (χ0n) is 16.4. The van der Waals surface area contributed by atoms with Crippen LogP contribution in [-0.4, -0.2) is 22.5 Å². The zero-order chi connectivity index (χ0) is 21.4. The second kappa shape index (κ2) is 7.70. The predicted molar refractivity (Wildman–Crippen MR) is 120 cm³/mol. The molecule has 0 unspecified atom stereocenters. The lowest BCUT2D eigenvalue weighted by molar-refractivity contribution is 0.0729. The van der Waals surface area contributed by atoms with Gasteiger partial charge in [-0.05, 0) is 48.0 Å². The third-order valence-corrected chi connectivity index (χ3v) is 5.81. The van der Waals surface area contributed by atoms with Gasteiger partial charge in [0.2, 0.25) is 0 Å². The number of rotatable bonds is 4. The van der Waals surface area contributed by atoms with Crippen LogP contribution in [0.2, 0.25) is 0 Å². The summed E-state index contributed by atoms with van der Waals surface area (Å²) in [5.41, 5.74) is 2.59. The maximum Gasteiger partial charge on any atom is 0.343 e. The molecule has 0 saturated carbocycles. The Morgan fingerprint density at radius 1 is 1.00 bits per heavy atom. The molecule has 6 nitrogen and oxygen atoms in total. The lowest BCUT2D eigenvalue weighted by Gasteiger charge is -2.10. The molecule has 5 aromatic rings. The number of fused-ring (bicyclic) bond motifs is 3. The summed E-state index contributed by atoms with van der Waals surface area (Å²) in [5.74, 6) is 0.224. The van der Waals surface area contributed by atoms with Gasteiger partial charge in [-0.1, -0.05) is 47.7 Å². The van der Waals surface area contributed by atoms with Gasteiger partial charge in [-0.15, -0.1) is 0 Å². The lowest BCUT2D eigenvalue weighted by atomic mass is 10.2. The van der Waals surface area contributed by atoms with Crippen molar-refractivity contribution < 1.29 is 14.3 Å². The Kier molecular flexibility index (Phi) is 4.72. The van der Waals surface area contributed by atoms with E-state index in [0.29, 0.717) is 26.4 Å². The van der Waals surface area contributed by atoms with Gasteiger partial charge in [0.1, 0.15) is 0 Å². The first-order valence-electron chi connectivity index (χ1n) is 9.51. The highest BCUT2D eigenvalue weighted by Crippen LogP contribution is 2.29. The van der Waals surface area contributed by atoms with Crippen molar-refractivity contribution in [1.29, 1.82) is 0 Å². The highest BCUT2D eigenvalue weighted by atomic mass is 32.1. The third-order valence-electron chi connectivity index (χ3n) is 4.84. The summed E-state index contributed by atoms with van der Waals surface area (Å²) in [6, 6.07) is 21.5. The number of thiazole rings is 1. The van der Waals surface area contributed by atoms with Crippen LogP contribution < -0.4 is 19.6 Å². The molecule has 0 radical (unpaired) electrons. The molecule has 5 rings (SSSR count). The smallest absolute Gasteiger partial charge is 0.343 e. The van der Waals surface area contributed by atoms with E-state index in [0.717, 1.165) is 11.0 Å². The fourth-order valence-electron chi connectivity index (χ4n) is 3.36. The number of esters is 1. The Morgan fingerprint density at radius 2 is 1.77 bits per heavy atom. The van der Waals surface area contributed by atoms with Crippen molar-refractivity contribution in [3.63, 3.8) is 0 Å². The van der Waals surface area contributed by atoms with E-state index in [9.17, 15) is 9.59 Å². The zero-order valence-corrected chi connectivity index (χ0v) is 17.3. The Bertz CT molecular complexity index is 1540. The highest BCUT2D eigenvalue weighted by molar-refractivity contribution is 7.15. The Labute approximate surface area is 180 Å². The monoisotopic (exact) mass is 428 g/mol. The van der Waals surface area contributed by atoms with Crippen molar-refractivity contribution in [2.45, 2.75) is 0 Å². The maximum atomic E-state index is 13.0. The number of benzene rings is 3. The molecule has 0 spiro atoms. The van der Waals surface area contributed by atoms with E-state index < -0.39 is 5.97 Å². The first-order chi connectivity index (χ1) is 15.1. The van der Waals surface area contributed by atoms with Crippen molar-refractivity contribution in [1.82, 2.24) is 9.38 Å². The fraction of sp³-hybridized carbons (Fsp3) is 0.0417. The minimum absolute atomic E-state index is 0.132. The normalized spacial score (nSPS) is 11.8. The van der Waals surface area contributed by atoms with Crippen LogP contribution in [0.15, 0.2) is 77.6 Å². The van der Waals surface area contributed by atoms with Gasteiger partial charge in [-0.3, -0.25) is 4.79 Å². The number of carbonyl (C=O) groups excluding carboxylic acids is 1. The highest BCUT2D eigenvalue weighted by Gasteiger charge is 2.14. The van der Waals surface area contributed by atoms with E-state index in [1.54, 1.807) is 52.9 Å². The molecule has 152 valence electrons. The molecule has 2 heterocycles. The van der Waals surface area contributed by atoms with Gasteiger partial charge in [0.25, 0.3) is 5.56 Å². The average Bonchev–Trinajstić information content (AvgIpc) is 3.30. The molecular weight excluding hydrogens is 412 g/mol. The van der Waals surface area contributed by atoms with Gasteiger partial charge in [0.05, 0.1) is 28.2 Å². The van der Waals surface area contributed by atoms with Crippen LogP contribution in [0.3, 0.4) is 0 Å². The molecule has 0 atom stereocenters. The fourth-order valence-corrected chi connectivity index (χ4v) is 4.35. The van der Waals surface area contributed by atoms with Gasteiger partial charge in [0, 0.05) is 0 Å². The number of hydrogen-bond donors (Lipinski definition) is 0. The minimum Gasteiger partial charge on any atom is -0.493 e. The number of ether oxygens (including phenoxy) is 2. The molecule has 0 saturated heterocycles. The molecule has 0 bridgehead atoms. The molecule has 7 heteroatoms. The standard InChI is InChI=1S/C24H16N2O4S/c1-29-19-12-11-15(13-20(19)30-23(28)16-7-3-2-4-8-16)14-21-22(27)26-18-10-6-5-9-17(18)25-24(26)31-21/h2-14H,1H3. The summed E-state index contributed by atoms with van der Waals surface area (Å²) in [6.45, 7) is 0. The third kappa shape index (κ3) is 3.45. The lowest BCUT2D eigenvalue weighted by Crippen LogP contribution is -2.22. The van der Waals surface area contributed by atoms with E-state index in [2.05, 4.69) is 4.98 Å². The second-order valence-corrected chi connectivity index (χ2v) is 7.81. The number of imidazole rings is 1. The molecule has 0 amide bonds. The molecule has 0 aliphatic rings. The van der Waals surface area contributed by atoms with Crippen molar-refractivity contribution in [2.24, 2.45) is 0 Å². The second-order valence-electron chi connectivity index (χ2n) is 6.80. The predicted octanol–water partition coefficient (Wildman–Crippen LogP) is 3.68. The molecule has 0 aliphatic carbocycles. The van der Waals surface area contributed by atoms with Gasteiger partial charge < -0.3 is 9.47 Å². The van der Waals surface area contributed by atoms with Gasteiger partial charge in [-0.25, -0.2) is 14.2 Å². The average molecular weight is 428 g/mol. The summed E-state index contributed by atoms with van der Waals surface area (Å²) < 4.78 is 13.0. The van der Waals surface area contributed by atoms with Crippen LogP contribution in [0.5, 0.6) is 11.5 Å². The summed E-state index contributed by atoms with van der Waals surface area (Å²) in [6.07, 6.45) is 1.76. The number of nitrogens with zero attached hydrogens (tertiary/aromatic N) is 2. The van der Waals surface area contributed by atoms with E-state index >= 15 is 0 Å². The van der Waals surface area contributed by atoms with E-state index in [1.165, 1.54) is 18.4 Å². The molecule has 0 N–H and O–H groups in total. The summed E-state index contributed by atoms with van der Waals surface area (Å²) in [4.78, 5) is 30.6. The van der Waals surface area contributed by atoms with Crippen molar-refractivity contribution >= 4 is 39.4 Å². The van der Waals surface area contributed by atoms with Gasteiger partial charge in [-0.2, -0.15) is 0 Å². The van der Waals surface area contributed by atoms with Crippen LogP contribution in [-0.2, 0) is 0 Å². The number of aromatic nitrogens is 2. The van der Waals surface area contributed by atoms with E-state index in [4.69, 9.17) is 9.47 Å². The van der Waals surface area contributed by atoms with Crippen molar-refractivity contribution in [2.75, 3.05) is 7.11 Å². The Hall–Kier alpha value is -3.97. The number of methoxy groups -OCH3 is 1. The molecule has 31 heavy (non-hydrogen) atoms. The summed E-state index contributed by atoms with van der Waals surface area (Å²) >= 11 is 1.32. The molecule has 0 fully saturated rings. The van der Waals surface area contributed by atoms with Gasteiger partial charge >= 0.3 is 5.97 Å². The quantitative estimate of drug-likeness (QED) is 0.323. The summed E-state index contributed by atoms with van der Waals surface area (Å²) in [5, 5.41) is 0. The largest absolute Gasteiger partial charge is 0.493 e. The Balaban J connectivity index is 1.56. The first-order valence-corrected chi connectivity index (χ1v) is 10.3. The topological polar surface area (TPSA) is 69.9 Å². The van der Waals surface area contributed by atoms with Crippen molar-refractivity contribution in [3.05, 3.63) is 98.8 Å². The van der Waals surface area contributed by atoms with Crippen LogP contribution in [0.4, 0.5) is 0 Å². The number of para-hydroxylation sites is 2. The molecule has 0 aliphatic heterocycles. The van der Waals surface area contributed by atoms with Crippen LogP contribution in [0, 0.1) is 0 Å². The summed E-state index contributed by atoms with van der Waals surface area (Å²) in [7, 11) is 1.51. The van der Waals surface area contributed by atoms with E-state index in [-0.39, 0.29) is 11.3 Å².